The molecule has 0 bridgehead atoms. The van der Waals surface area contributed by atoms with Crippen LogP contribution < -0.4 is 5.32 Å². The standard InChI is InChI=1S/C8H10N6O/c15-8(12-7-1-3-10-13-7)2-4-14-6-9-5-11-14/h1,3,5-6H,2,4H2,(H2,10,12,13,15). The maximum atomic E-state index is 11.4. The molecule has 7 nitrogen and oxygen atoms in total. The van der Waals surface area contributed by atoms with E-state index in [1.807, 2.05) is 0 Å². The third kappa shape index (κ3) is 2.63. The van der Waals surface area contributed by atoms with Crippen LogP contribution in [-0.4, -0.2) is 30.9 Å². The van der Waals surface area contributed by atoms with Crippen LogP contribution in [0.5, 0.6) is 0 Å². The minimum Gasteiger partial charge on any atom is -0.311 e. The molecule has 2 aromatic rings. The van der Waals surface area contributed by atoms with E-state index >= 15 is 0 Å². The summed E-state index contributed by atoms with van der Waals surface area (Å²) in [7, 11) is 0. The summed E-state index contributed by atoms with van der Waals surface area (Å²) in [5.41, 5.74) is 0. The van der Waals surface area contributed by atoms with Crippen LogP contribution >= 0.6 is 0 Å². The van der Waals surface area contributed by atoms with Gasteiger partial charge >= 0.3 is 0 Å². The highest BCUT2D eigenvalue weighted by Gasteiger charge is 2.03. The monoisotopic (exact) mass is 206 g/mol. The van der Waals surface area contributed by atoms with Crippen molar-refractivity contribution in [3.8, 4) is 0 Å². The maximum Gasteiger partial charge on any atom is 0.227 e. The number of hydrogen-bond donors (Lipinski definition) is 2. The van der Waals surface area contributed by atoms with Crippen LogP contribution in [0.4, 0.5) is 5.82 Å². The quantitative estimate of drug-likeness (QED) is 0.738. The van der Waals surface area contributed by atoms with Gasteiger partial charge in [-0.25, -0.2) is 4.98 Å². The van der Waals surface area contributed by atoms with Gasteiger partial charge in [0, 0.05) is 12.5 Å². The van der Waals surface area contributed by atoms with Crippen molar-refractivity contribution in [2.24, 2.45) is 0 Å². The largest absolute Gasteiger partial charge is 0.311 e. The first-order chi connectivity index (χ1) is 7.34. The molecule has 0 aliphatic rings. The molecular formula is C8H10N6O. The molecule has 2 aromatic heterocycles. The topological polar surface area (TPSA) is 88.5 Å². The smallest absolute Gasteiger partial charge is 0.227 e. The van der Waals surface area contributed by atoms with Crippen LogP contribution in [0.2, 0.25) is 0 Å². The van der Waals surface area contributed by atoms with Crippen LogP contribution in [0.15, 0.2) is 24.9 Å². The van der Waals surface area contributed by atoms with Crippen molar-refractivity contribution in [2.75, 3.05) is 5.32 Å². The van der Waals surface area contributed by atoms with E-state index in [2.05, 4.69) is 25.6 Å². The number of amides is 1. The zero-order chi connectivity index (χ0) is 10.5. The summed E-state index contributed by atoms with van der Waals surface area (Å²) in [5, 5.41) is 12.9. The van der Waals surface area contributed by atoms with Crippen molar-refractivity contribution < 1.29 is 4.79 Å². The van der Waals surface area contributed by atoms with Crippen molar-refractivity contribution >= 4 is 11.7 Å². The van der Waals surface area contributed by atoms with E-state index in [9.17, 15) is 4.79 Å². The van der Waals surface area contributed by atoms with E-state index in [1.54, 1.807) is 23.3 Å². The normalized spacial score (nSPS) is 10.1. The fraction of sp³-hybridized carbons (Fsp3) is 0.250. The van der Waals surface area contributed by atoms with Gasteiger partial charge in [-0.3, -0.25) is 14.6 Å². The summed E-state index contributed by atoms with van der Waals surface area (Å²) in [4.78, 5) is 15.2. The second-order valence-corrected chi connectivity index (χ2v) is 2.93. The van der Waals surface area contributed by atoms with Gasteiger partial charge in [-0.2, -0.15) is 10.2 Å². The molecule has 0 saturated heterocycles. The Hall–Kier alpha value is -2.18. The minimum absolute atomic E-state index is 0.0882. The number of anilines is 1. The minimum atomic E-state index is -0.0882. The van der Waals surface area contributed by atoms with Gasteiger partial charge in [-0.05, 0) is 0 Å². The highest BCUT2D eigenvalue weighted by atomic mass is 16.1. The summed E-state index contributed by atoms with van der Waals surface area (Å²) in [6, 6.07) is 1.69. The Morgan fingerprint density at radius 1 is 1.60 bits per heavy atom. The molecule has 0 spiro atoms. The number of aryl methyl sites for hydroxylation is 1. The number of nitrogens with zero attached hydrogens (tertiary/aromatic N) is 4. The summed E-state index contributed by atoms with van der Waals surface area (Å²) in [5.74, 6) is 0.508. The van der Waals surface area contributed by atoms with E-state index in [0.29, 0.717) is 18.8 Å². The Morgan fingerprint density at radius 2 is 2.53 bits per heavy atom. The van der Waals surface area contributed by atoms with Crippen LogP contribution in [0.25, 0.3) is 0 Å². The van der Waals surface area contributed by atoms with E-state index < -0.39 is 0 Å². The first kappa shape index (κ1) is 9.38. The second-order valence-electron chi connectivity index (χ2n) is 2.93. The van der Waals surface area contributed by atoms with E-state index in [4.69, 9.17) is 0 Å². The van der Waals surface area contributed by atoms with Crippen molar-refractivity contribution in [3.63, 3.8) is 0 Å². The lowest BCUT2D eigenvalue weighted by atomic mass is 10.4. The molecule has 0 unspecified atom stereocenters. The van der Waals surface area contributed by atoms with E-state index in [-0.39, 0.29) is 5.91 Å². The Kier molecular flexibility index (Phi) is 2.72. The predicted molar refractivity (Wildman–Crippen MR) is 51.9 cm³/mol. The highest BCUT2D eigenvalue weighted by molar-refractivity contribution is 5.89. The summed E-state index contributed by atoms with van der Waals surface area (Å²) >= 11 is 0. The van der Waals surface area contributed by atoms with Crippen molar-refractivity contribution in [1.29, 1.82) is 0 Å². The predicted octanol–water partition coefficient (Wildman–Crippen LogP) is 0.0300. The fourth-order valence-corrected chi connectivity index (χ4v) is 1.10. The molecule has 0 radical (unpaired) electrons. The molecule has 0 atom stereocenters. The summed E-state index contributed by atoms with van der Waals surface area (Å²) < 4.78 is 1.60. The zero-order valence-corrected chi connectivity index (χ0v) is 7.92. The molecule has 0 fully saturated rings. The Bertz CT molecular complexity index is 406. The molecular weight excluding hydrogens is 196 g/mol. The summed E-state index contributed by atoms with van der Waals surface area (Å²) in [6.07, 6.45) is 4.94. The van der Waals surface area contributed by atoms with Crippen molar-refractivity contribution in [2.45, 2.75) is 13.0 Å². The first-order valence-electron chi connectivity index (χ1n) is 4.46. The van der Waals surface area contributed by atoms with Gasteiger partial charge in [0.25, 0.3) is 0 Å². The maximum absolute atomic E-state index is 11.4. The zero-order valence-electron chi connectivity index (χ0n) is 7.92. The number of carbonyl (C=O) groups is 1. The Labute approximate surface area is 85.5 Å². The number of nitrogens with one attached hydrogen (secondary N) is 2. The molecule has 0 saturated carbocycles. The molecule has 78 valence electrons. The first-order valence-corrected chi connectivity index (χ1v) is 4.46. The molecule has 0 aliphatic heterocycles. The molecule has 15 heavy (non-hydrogen) atoms. The van der Waals surface area contributed by atoms with Crippen molar-refractivity contribution in [3.05, 3.63) is 24.9 Å². The van der Waals surface area contributed by atoms with Crippen molar-refractivity contribution in [1.82, 2.24) is 25.0 Å². The lowest BCUT2D eigenvalue weighted by molar-refractivity contribution is -0.116. The van der Waals surface area contributed by atoms with Crippen LogP contribution in [-0.2, 0) is 11.3 Å². The number of aromatic nitrogens is 5. The summed E-state index contributed by atoms with van der Waals surface area (Å²) in [6.45, 7) is 0.514. The van der Waals surface area contributed by atoms with Gasteiger partial charge < -0.3 is 5.32 Å². The number of carbonyl (C=O) groups excluding carboxylic acids is 1. The highest BCUT2D eigenvalue weighted by Crippen LogP contribution is 1.99. The number of hydrogen-bond acceptors (Lipinski definition) is 4. The van der Waals surface area contributed by atoms with Gasteiger partial charge in [-0.1, -0.05) is 0 Å². The number of aromatic amines is 1. The van der Waals surface area contributed by atoms with Gasteiger partial charge in [0.2, 0.25) is 5.91 Å². The lowest BCUT2D eigenvalue weighted by Crippen LogP contribution is -2.14. The second kappa shape index (κ2) is 4.36. The van der Waals surface area contributed by atoms with Gasteiger partial charge in [-0.15, -0.1) is 0 Å². The van der Waals surface area contributed by atoms with Crippen LogP contribution in [0.3, 0.4) is 0 Å². The fourth-order valence-electron chi connectivity index (χ4n) is 1.10. The molecule has 2 rings (SSSR count). The lowest BCUT2D eigenvalue weighted by Gasteiger charge is -2.01. The molecule has 2 heterocycles. The number of H-pyrrole nitrogens is 1. The van der Waals surface area contributed by atoms with Gasteiger partial charge in [0.05, 0.1) is 12.7 Å². The van der Waals surface area contributed by atoms with Gasteiger partial charge in [0.1, 0.15) is 18.5 Å². The average molecular weight is 206 g/mol. The molecule has 7 heteroatoms. The number of rotatable bonds is 4. The van der Waals surface area contributed by atoms with E-state index in [0.717, 1.165) is 0 Å². The SMILES string of the molecule is O=C(CCn1cncn1)Nc1ccn[nH]1. The average Bonchev–Trinajstić information content (AvgIpc) is 2.86. The van der Waals surface area contributed by atoms with Crippen LogP contribution in [0, 0.1) is 0 Å². The Morgan fingerprint density at radius 3 is 3.20 bits per heavy atom. The third-order valence-electron chi connectivity index (χ3n) is 1.81. The Balaban J connectivity index is 1.78. The molecule has 2 N–H and O–H groups in total. The van der Waals surface area contributed by atoms with Crippen LogP contribution in [0.1, 0.15) is 6.42 Å². The van der Waals surface area contributed by atoms with E-state index in [1.165, 1.54) is 6.33 Å². The third-order valence-corrected chi connectivity index (χ3v) is 1.81. The molecule has 1 amide bonds. The van der Waals surface area contributed by atoms with Gasteiger partial charge in [0.15, 0.2) is 0 Å². The molecule has 0 aliphatic carbocycles. The molecule has 0 aromatic carbocycles.